The first-order valence-corrected chi connectivity index (χ1v) is 13.5. The number of benzene rings is 1. The molecule has 0 radical (unpaired) electrons. The van der Waals surface area contributed by atoms with Crippen molar-refractivity contribution in [1.29, 1.82) is 0 Å². The molecule has 1 saturated heterocycles. The van der Waals surface area contributed by atoms with Crippen LogP contribution in [0.1, 0.15) is 65.0 Å². The van der Waals surface area contributed by atoms with E-state index in [0.29, 0.717) is 36.2 Å². The van der Waals surface area contributed by atoms with Crippen LogP contribution in [0.4, 0.5) is 24.7 Å². The Hall–Kier alpha value is -2.37. The summed E-state index contributed by atoms with van der Waals surface area (Å²) in [5.74, 6) is -1.38. The fourth-order valence-corrected chi connectivity index (χ4v) is 6.12. The van der Waals surface area contributed by atoms with Gasteiger partial charge in [0.05, 0.1) is 12.3 Å². The van der Waals surface area contributed by atoms with Gasteiger partial charge in [-0.25, -0.2) is 23.1 Å². The third-order valence-corrected chi connectivity index (χ3v) is 8.16. The molecule has 41 heavy (non-hydrogen) atoms. The number of nitrogens with one attached hydrogen (secondary N) is 1. The molecule has 7 nitrogen and oxygen atoms in total. The highest BCUT2D eigenvalue weighted by Gasteiger charge is 2.38. The van der Waals surface area contributed by atoms with Crippen molar-refractivity contribution < 1.29 is 22.7 Å². The molecule has 2 atom stereocenters. The minimum absolute atomic E-state index is 0. The van der Waals surface area contributed by atoms with Gasteiger partial charge in [0.2, 0.25) is 5.91 Å². The number of anilines is 2. The molecule has 1 amide bonds. The first-order valence-electron chi connectivity index (χ1n) is 13.5. The second-order valence-electron chi connectivity index (χ2n) is 11.4. The van der Waals surface area contributed by atoms with E-state index < -0.39 is 17.5 Å². The lowest BCUT2D eigenvalue weighted by Crippen LogP contribution is -2.50. The first-order chi connectivity index (χ1) is 18.1. The number of aryl methyl sites for hydroxylation is 1. The Morgan fingerprint density at radius 2 is 1.78 bits per heavy atom. The number of hydrogen-bond donors (Lipinski definition) is 1. The van der Waals surface area contributed by atoms with Crippen LogP contribution in [-0.2, 0) is 22.5 Å². The Morgan fingerprint density at radius 1 is 1.12 bits per heavy atom. The molecule has 5 rings (SSSR count). The van der Waals surface area contributed by atoms with Gasteiger partial charge in [0.15, 0.2) is 23.3 Å². The van der Waals surface area contributed by atoms with Gasteiger partial charge in [-0.15, -0.1) is 0 Å². The average molecular weight is 598 g/mol. The zero-order valence-corrected chi connectivity index (χ0v) is 23.9. The number of halogens is 3. The summed E-state index contributed by atoms with van der Waals surface area (Å²) in [7, 11) is 1.91. The normalized spacial score (nSPS) is 23.2. The van der Waals surface area contributed by atoms with Crippen LogP contribution in [0.15, 0.2) is 12.1 Å². The van der Waals surface area contributed by atoms with Gasteiger partial charge < -0.3 is 15.0 Å². The molecule has 230 valence electrons. The zero-order chi connectivity index (χ0) is 27.1. The van der Waals surface area contributed by atoms with E-state index in [4.69, 9.17) is 14.7 Å². The fraction of sp³-hybridized carbons (Fsp3) is 0.633. The van der Waals surface area contributed by atoms with Crippen molar-refractivity contribution >= 4 is 30.9 Å². The number of ether oxygens (including phenoxy) is 1. The molecular weight excluding hydrogens is 551 g/mol. The molecule has 1 saturated carbocycles. The fourth-order valence-electron chi connectivity index (χ4n) is 6.12. The van der Waals surface area contributed by atoms with E-state index in [1.165, 1.54) is 0 Å². The van der Waals surface area contributed by atoms with E-state index in [-0.39, 0.29) is 52.3 Å². The maximum Gasteiger partial charge on any atom is 0.247 e. The third-order valence-electron chi connectivity index (χ3n) is 8.16. The lowest BCUT2D eigenvalue weighted by Gasteiger charge is -2.44. The molecule has 1 N–H and O–H groups in total. The van der Waals surface area contributed by atoms with Crippen LogP contribution >= 0.6 is 13.5 Å². The maximum atomic E-state index is 13.9. The molecule has 3 heterocycles. The summed E-state index contributed by atoms with van der Waals surface area (Å²) in [6, 6.07) is 2.15. The van der Waals surface area contributed by atoms with Crippen molar-refractivity contribution in [2.45, 2.75) is 79.9 Å². The standard InChI is InChI=1S/C28H36F3N5O2.2CH4.H2S/c1-15(2)26-28(37)34-25-16(3)32-23(33-27(25)35(26)4)11-18-7-20(8-18)36(12-17-5-6-38-14-17)13-19-9-21(29)24(31)22(30)10-19;;;/h9-10,15,17-18,20,26H,5-8,11-14H2,1-4H3,(H,34,37);2*1H4;1H2/t17?,18?,20?,26-;;;/m0.../s1. The third kappa shape index (κ3) is 7.35. The summed E-state index contributed by atoms with van der Waals surface area (Å²) in [5.41, 5.74) is 1.86. The predicted molar refractivity (Wildman–Crippen MR) is 162 cm³/mol. The largest absolute Gasteiger partial charge is 0.381 e. The quantitative estimate of drug-likeness (QED) is 0.385. The summed E-state index contributed by atoms with van der Waals surface area (Å²) in [5, 5.41) is 2.99. The lowest BCUT2D eigenvalue weighted by molar-refractivity contribution is -0.118. The van der Waals surface area contributed by atoms with Gasteiger partial charge in [0.1, 0.15) is 17.6 Å². The number of hydrogen-bond acceptors (Lipinski definition) is 6. The molecule has 0 spiro atoms. The number of amides is 1. The highest BCUT2D eigenvalue weighted by Crippen LogP contribution is 2.38. The molecule has 1 aromatic carbocycles. The molecule has 0 bridgehead atoms. The number of likely N-dealkylation sites (N-methyl/N-ethyl adjacent to an activating group) is 1. The van der Waals surface area contributed by atoms with Crippen molar-refractivity contribution in [2.24, 2.45) is 17.8 Å². The van der Waals surface area contributed by atoms with Crippen molar-refractivity contribution in [1.82, 2.24) is 14.9 Å². The smallest absolute Gasteiger partial charge is 0.247 e. The van der Waals surface area contributed by atoms with Gasteiger partial charge in [-0.2, -0.15) is 13.5 Å². The van der Waals surface area contributed by atoms with Gasteiger partial charge in [-0.1, -0.05) is 28.7 Å². The predicted octanol–water partition coefficient (Wildman–Crippen LogP) is 5.86. The molecule has 2 aliphatic heterocycles. The Bertz CT molecular complexity index is 1180. The molecule has 1 aromatic heterocycles. The van der Waals surface area contributed by atoms with Gasteiger partial charge in [0.25, 0.3) is 0 Å². The molecular formula is C30H46F3N5O2S. The van der Waals surface area contributed by atoms with E-state index in [9.17, 15) is 18.0 Å². The van der Waals surface area contributed by atoms with Crippen molar-refractivity contribution in [3.63, 3.8) is 0 Å². The van der Waals surface area contributed by atoms with E-state index in [1.807, 2.05) is 32.7 Å². The van der Waals surface area contributed by atoms with Crippen LogP contribution in [0.25, 0.3) is 0 Å². The van der Waals surface area contributed by atoms with Crippen molar-refractivity contribution in [2.75, 3.05) is 37.0 Å². The van der Waals surface area contributed by atoms with Gasteiger partial charge in [-0.3, -0.25) is 9.69 Å². The SMILES string of the molecule is C.C.Cc1nc(CC2CC(N(Cc3cc(F)c(F)c(F)c3)CC3CCOC3)C2)nc2c1NC(=O)[C@H](C(C)C)N2C.S. The number of nitrogens with zero attached hydrogens (tertiary/aromatic N) is 4. The summed E-state index contributed by atoms with van der Waals surface area (Å²) < 4.78 is 46.8. The summed E-state index contributed by atoms with van der Waals surface area (Å²) >= 11 is 0. The van der Waals surface area contributed by atoms with Crippen molar-refractivity contribution in [3.8, 4) is 0 Å². The van der Waals surface area contributed by atoms with Crippen LogP contribution in [0.2, 0.25) is 0 Å². The van der Waals surface area contributed by atoms with E-state index in [0.717, 1.165) is 68.3 Å². The highest BCUT2D eigenvalue weighted by atomic mass is 32.1. The van der Waals surface area contributed by atoms with Crippen LogP contribution in [-0.4, -0.2) is 59.7 Å². The van der Waals surface area contributed by atoms with Crippen LogP contribution < -0.4 is 10.2 Å². The number of fused-ring (bicyclic) bond motifs is 1. The maximum absolute atomic E-state index is 13.9. The Labute approximate surface area is 249 Å². The van der Waals surface area contributed by atoms with E-state index >= 15 is 0 Å². The summed E-state index contributed by atoms with van der Waals surface area (Å²) in [6.45, 7) is 8.48. The topological polar surface area (TPSA) is 70.6 Å². The summed E-state index contributed by atoms with van der Waals surface area (Å²) in [6.07, 6.45) is 3.52. The van der Waals surface area contributed by atoms with Crippen LogP contribution in [0.5, 0.6) is 0 Å². The van der Waals surface area contributed by atoms with Crippen molar-refractivity contribution in [3.05, 3.63) is 46.7 Å². The average Bonchev–Trinajstić information content (AvgIpc) is 3.33. The molecule has 2 fully saturated rings. The molecule has 1 unspecified atom stereocenters. The molecule has 3 aliphatic rings. The number of aromatic nitrogens is 2. The molecule has 11 heteroatoms. The highest BCUT2D eigenvalue weighted by molar-refractivity contribution is 7.59. The Morgan fingerprint density at radius 3 is 2.37 bits per heavy atom. The second-order valence-corrected chi connectivity index (χ2v) is 11.4. The second kappa shape index (κ2) is 14.2. The minimum Gasteiger partial charge on any atom is -0.381 e. The zero-order valence-electron chi connectivity index (χ0n) is 22.9. The van der Waals surface area contributed by atoms with Gasteiger partial charge in [-0.05, 0) is 61.6 Å². The van der Waals surface area contributed by atoms with E-state index in [1.54, 1.807) is 0 Å². The number of rotatable bonds is 8. The van der Waals surface area contributed by atoms with Gasteiger partial charge in [0, 0.05) is 39.2 Å². The molecule has 1 aliphatic carbocycles. The number of carbonyl (C=O) groups is 1. The Balaban J connectivity index is 0.00000196. The molecule has 2 aromatic rings. The number of carbonyl (C=O) groups excluding carboxylic acids is 1. The summed E-state index contributed by atoms with van der Waals surface area (Å²) in [4.78, 5) is 26.4. The first kappa shape index (κ1) is 34.8. The van der Waals surface area contributed by atoms with Crippen LogP contribution in [0.3, 0.4) is 0 Å². The minimum atomic E-state index is -1.43. The van der Waals surface area contributed by atoms with E-state index in [2.05, 4.69) is 10.2 Å². The van der Waals surface area contributed by atoms with Gasteiger partial charge >= 0.3 is 0 Å². The monoisotopic (exact) mass is 597 g/mol. The Kier molecular flexibility index (Phi) is 12.1. The lowest BCUT2D eigenvalue weighted by atomic mass is 9.76. The van der Waals surface area contributed by atoms with Crippen LogP contribution in [0, 0.1) is 42.1 Å².